The van der Waals surface area contributed by atoms with Gasteiger partial charge in [-0.1, -0.05) is 19.9 Å². The van der Waals surface area contributed by atoms with Crippen molar-refractivity contribution < 1.29 is 9.13 Å². The standard InChI is InChI=1S/C8H10FOP.C2H6/c1-10-5-6-2-3-7(9)4-8(6)11;1-2/h2-4H,5,11H2,1H3;1-2H3. The van der Waals surface area contributed by atoms with Gasteiger partial charge in [-0.15, -0.1) is 9.24 Å². The molecule has 0 heterocycles. The summed E-state index contributed by atoms with van der Waals surface area (Å²) in [5.41, 5.74) is 0.999. The second-order valence-electron chi connectivity index (χ2n) is 2.28. The zero-order chi connectivity index (χ0) is 10.3. The average Bonchev–Trinajstić information content (AvgIpc) is 2.14. The van der Waals surface area contributed by atoms with E-state index in [1.54, 1.807) is 13.2 Å². The van der Waals surface area contributed by atoms with Crippen molar-refractivity contribution in [3.05, 3.63) is 29.6 Å². The lowest BCUT2D eigenvalue weighted by atomic mass is 10.2. The van der Waals surface area contributed by atoms with Gasteiger partial charge in [0.05, 0.1) is 6.61 Å². The summed E-state index contributed by atoms with van der Waals surface area (Å²) < 4.78 is 17.4. The van der Waals surface area contributed by atoms with Crippen LogP contribution in [0.25, 0.3) is 0 Å². The van der Waals surface area contributed by atoms with Crippen molar-refractivity contribution >= 4 is 14.5 Å². The van der Waals surface area contributed by atoms with Crippen molar-refractivity contribution in [1.29, 1.82) is 0 Å². The molecule has 3 heteroatoms. The van der Waals surface area contributed by atoms with Crippen LogP contribution in [0, 0.1) is 5.82 Å². The summed E-state index contributed by atoms with van der Waals surface area (Å²) in [5, 5.41) is 0.854. The molecule has 0 aliphatic carbocycles. The van der Waals surface area contributed by atoms with Gasteiger partial charge in [0.2, 0.25) is 0 Å². The minimum Gasteiger partial charge on any atom is -0.380 e. The summed E-state index contributed by atoms with van der Waals surface area (Å²) >= 11 is 0. The van der Waals surface area contributed by atoms with E-state index < -0.39 is 0 Å². The van der Waals surface area contributed by atoms with Crippen LogP contribution < -0.4 is 5.30 Å². The molecule has 0 N–H and O–H groups in total. The SMILES string of the molecule is CC.COCc1ccc(F)cc1P. The first kappa shape index (κ1) is 12.5. The normalized spacial score (nSPS) is 9.00. The van der Waals surface area contributed by atoms with E-state index in [-0.39, 0.29) is 5.82 Å². The second kappa shape index (κ2) is 6.99. The minimum atomic E-state index is -0.213. The minimum absolute atomic E-state index is 0.213. The highest BCUT2D eigenvalue weighted by atomic mass is 31.0. The maximum absolute atomic E-state index is 12.5. The number of halogens is 1. The summed E-state index contributed by atoms with van der Waals surface area (Å²) in [4.78, 5) is 0. The van der Waals surface area contributed by atoms with Crippen molar-refractivity contribution in [2.24, 2.45) is 0 Å². The van der Waals surface area contributed by atoms with Crippen molar-refractivity contribution in [2.45, 2.75) is 20.5 Å². The Bertz CT molecular complexity index is 251. The van der Waals surface area contributed by atoms with Gasteiger partial charge in [0, 0.05) is 7.11 Å². The number of rotatable bonds is 2. The van der Waals surface area contributed by atoms with Crippen LogP contribution in [0.3, 0.4) is 0 Å². The Morgan fingerprint density at radius 1 is 1.38 bits per heavy atom. The molecular weight excluding hydrogens is 186 g/mol. The third-order valence-corrected chi connectivity index (χ3v) is 1.95. The number of benzene rings is 1. The topological polar surface area (TPSA) is 9.23 Å². The molecule has 1 nitrogen and oxygen atoms in total. The zero-order valence-corrected chi connectivity index (χ0v) is 9.46. The fourth-order valence-corrected chi connectivity index (χ4v) is 1.19. The summed E-state index contributed by atoms with van der Waals surface area (Å²) in [6, 6.07) is 4.63. The predicted molar refractivity (Wildman–Crippen MR) is 57.8 cm³/mol. The molecule has 1 aromatic carbocycles. The largest absolute Gasteiger partial charge is 0.380 e. The molecule has 0 spiro atoms. The van der Waals surface area contributed by atoms with Gasteiger partial charge in [-0.25, -0.2) is 4.39 Å². The van der Waals surface area contributed by atoms with Crippen LogP contribution in [-0.2, 0) is 11.3 Å². The van der Waals surface area contributed by atoms with Gasteiger partial charge in [0.15, 0.2) is 0 Å². The quantitative estimate of drug-likeness (QED) is 0.669. The Morgan fingerprint density at radius 3 is 2.46 bits per heavy atom. The second-order valence-corrected chi connectivity index (χ2v) is 2.90. The molecule has 1 aromatic rings. The molecule has 0 aromatic heterocycles. The molecular formula is C10H16FOP. The van der Waals surface area contributed by atoms with Crippen LogP contribution in [-0.4, -0.2) is 7.11 Å². The molecule has 0 bridgehead atoms. The zero-order valence-electron chi connectivity index (χ0n) is 8.30. The Kier molecular flexibility index (Phi) is 6.75. The fraction of sp³-hybridized carbons (Fsp3) is 0.400. The number of ether oxygens (including phenoxy) is 1. The van der Waals surface area contributed by atoms with E-state index in [0.29, 0.717) is 6.61 Å². The van der Waals surface area contributed by atoms with E-state index in [1.165, 1.54) is 12.1 Å². The first-order valence-corrected chi connectivity index (χ1v) is 4.84. The van der Waals surface area contributed by atoms with Gasteiger partial charge in [0.1, 0.15) is 5.82 Å². The van der Waals surface area contributed by atoms with Gasteiger partial charge in [-0.2, -0.15) is 0 Å². The maximum Gasteiger partial charge on any atom is 0.123 e. The molecule has 0 saturated carbocycles. The molecule has 1 atom stereocenters. The Hall–Kier alpha value is -0.460. The van der Waals surface area contributed by atoms with E-state index in [9.17, 15) is 4.39 Å². The van der Waals surface area contributed by atoms with E-state index in [2.05, 4.69) is 9.24 Å². The molecule has 0 fully saturated rings. The molecule has 0 saturated heterocycles. The van der Waals surface area contributed by atoms with Crippen LogP contribution in [0.15, 0.2) is 18.2 Å². The Balaban J connectivity index is 0.000000671. The highest BCUT2D eigenvalue weighted by Crippen LogP contribution is 2.04. The number of methoxy groups -OCH3 is 1. The van der Waals surface area contributed by atoms with Crippen LogP contribution >= 0.6 is 9.24 Å². The molecule has 1 rings (SSSR count). The van der Waals surface area contributed by atoms with Crippen LogP contribution in [0.5, 0.6) is 0 Å². The van der Waals surface area contributed by atoms with Gasteiger partial charge >= 0.3 is 0 Å². The third-order valence-electron chi connectivity index (χ3n) is 1.41. The lowest BCUT2D eigenvalue weighted by Crippen LogP contribution is -2.03. The lowest BCUT2D eigenvalue weighted by molar-refractivity contribution is 0.185. The monoisotopic (exact) mass is 202 g/mol. The average molecular weight is 202 g/mol. The summed E-state index contributed by atoms with van der Waals surface area (Å²) in [6.45, 7) is 4.53. The van der Waals surface area contributed by atoms with Gasteiger partial charge < -0.3 is 4.74 Å². The highest BCUT2D eigenvalue weighted by molar-refractivity contribution is 7.27. The summed E-state index contributed by atoms with van der Waals surface area (Å²) in [6.07, 6.45) is 0. The van der Waals surface area contributed by atoms with Gasteiger partial charge in [0.25, 0.3) is 0 Å². The van der Waals surface area contributed by atoms with E-state index in [4.69, 9.17) is 4.74 Å². The molecule has 13 heavy (non-hydrogen) atoms. The van der Waals surface area contributed by atoms with Crippen LogP contribution in [0.1, 0.15) is 19.4 Å². The Morgan fingerprint density at radius 2 is 2.00 bits per heavy atom. The lowest BCUT2D eigenvalue weighted by Gasteiger charge is -2.02. The van der Waals surface area contributed by atoms with Crippen molar-refractivity contribution in [2.75, 3.05) is 7.11 Å². The molecule has 0 aliphatic heterocycles. The molecule has 0 aliphatic rings. The van der Waals surface area contributed by atoms with Gasteiger partial charge in [-0.3, -0.25) is 0 Å². The first-order valence-electron chi connectivity index (χ1n) is 4.27. The first-order chi connectivity index (χ1) is 6.24. The van der Waals surface area contributed by atoms with Crippen molar-refractivity contribution in [3.8, 4) is 0 Å². The summed E-state index contributed by atoms with van der Waals surface area (Å²) in [7, 11) is 4.09. The molecule has 0 amide bonds. The maximum atomic E-state index is 12.5. The fourth-order valence-electron chi connectivity index (χ4n) is 0.853. The highest BCUT2D eigenvalue weighted by Gasteiger charge is 1.98. The molecule has 74 valence electrons. The van der Waals surface area contributed by atoms with E-state index >= 15 is 0 Å². The molecule has 0 radical (unpaired) electrons. The van der Waals surface area contributed by atoms with E-state index in [1.807, 2.05) is 13.8 Å². The third kappa shape index (κ3) is 4.35. The van der Waals surface area contributed by atoms with Crippen LogP contribution in [0.4, 0.5) is 4.39 Å². The molecule has 1 unspecified atom stereocenters. The smallest absolute Gasteiger partial charge is 0.123 e. The van der Waals surface area contributed by atoms with Crippen molar-refractivity contribution in [1.82, 2.24) is 0 Å². The Labute approximate surface area is 81.5 Å². The van der Waals surface area contributed by atoms with Crippen molar-refractivity contribution in [3.63, 3.8) is 0 Å². The van der Waals surface area contributed by atoms with E-state index in [0.717, 1.165) is 10.9 Å². The number of hydrogen-bond donors (Lipinski definition) is 0. The van der Waals surface area contributed by atoms with Gasteiger partial charge in [-0.05, 0) is 23.0 Å². The number of hydrogen-bond acceptors (Lipinski definition) is 1. The van der Waals surface area contributed by atoms with Crippen LogP contribution in [0.2, 0.25) is 0 Å². The predicted octanol–water partition coefficient (Wildman–Crippen LogP) is 2.50. The summed E-state index contributed by atoms with van der Waals surface area (Å²) in [5.74, 6) is -0.213.